The normalized spacial score (nSPS) is 12.2. The SMILES string of the molecule is COc1cccc(-c2nnc(SC(C)C(=O)Nc3ccnn3C(C)C)n2C)c1. The van der Waals surface area contributed by atoms with Crippen LogP contribution in [-0.4, -0.2) is 42.8 Å². The van der Waals surface area contributed by atoms with Crippen molar-refractivity contribution in [3.63, 3.8) is 0 Å². The first-order chi connectivity index (χ1) is 13.4. The van der Waals surface area contributed by atoms with E-state index in [2.05, 4.69) is 20.6 Å². The lowest BCUT2D eigenvalue weighted by molar-refractivity contribution is -0.115. The smallest absolute Gasteiger partial charge is 0.238 e. The zero-order valence-electron chi connectivity index (χ0n) is 16.6. The summed E-state index contributed by atoms with van der Waals surface area (Å²) in [6.07, 6.45) is 1.68. The van der Waals surface area contributed by atoms with Crippen molar-refractivity contribution in [2.24, 2.45) is 7.05 Å². The fraction of sp³-hybridized carbons (Fsp3) is 0.368. The highest BCUT2D eigenvalue weighted by atomic mass is 32.2. The van der Waals surface area contributed by atoms with Gasteiger partial charge in [0.2, 0.25) is 5.91 Å². The van der Waals surface area contributed by atoms with Gasteiger partial charge in [-0.25, -0.2) is 4.68 Å². The third kappa shape index (κ3) is 4.19. The fourth-order valence-electron chi connectivity index (χ4n) is 2.70. The van der Waals surface area contributed by atoms with Crippen LogP contribution in [0.15, 0.2) is 41.7 Å². The Labute approximate surface area is 168 Å². The summed E-state index contributed by atoms with van der Waals surface area (Å²) in [6, 6.07) is 9.59. The molecule has 0 saturated heterocycles. The van der Waals surface area contributed by atoms with Gasteiger partial charge in [-0.05, 0) is 32.9 Å². The standard InChI is InChI=1S/C19H24N6O2S/c1-12(2)25-16(9-10-20-25)21-18(26)13(3)28-19-23-22-17(24(19)4)14-7-6-8-15(11-14)27-5/h6-13H,1-5H3,(H,21,26). The minimum atomic E-state index is -0.350. The van der Waals surface area contributed by atoms with E-state index in [1.807, 2.05) is 56.7 Å². The van der Waals surface area contributed by atoms with E-state index < -0.39 is 0 Å². The van der Waals surface area contributed by atoms with Gasteiger partial charge in [0.1, 0.15) is 11.6 Å². The van der Waals surface area contributed by atoms with Crippen LogP contribution in [0.4, 0.5) is 5.82 Å². The van der Waals surface area contributed by atoms with E-state index in [0.29, 0.717) is 16.8 Å². The zero-order valence-corrected chi connectivity index (χ0v) is 17.4. The Bertz CT molecular complexity index is 965. The van der Waals surface area contributed by atoms with E-state index in [1.165, 1.54) is 11.8 Å². The molecule has 0 aliphatic rings. The second-order valence-corrected chi connectivity index (χ2v) is 7.91. The molecule has 3 rings (SSSR count). The number of nitrogens with one attached hydrogen (secondary N) is 1. The van der Waals surface area contributed by atoms with Crippen molar-refractivity contribution in [1.29, 1.82) is 0 Å². The number of anilines is 1. The van der Waals surface area contributed by atoms with Crippen LogP contribution in [0.25, 0.3) is 11.4 Å². The Balaban J connectivity index is 1.72. The first-order valence-electron chi connectivity index (χ1n) is 8.95. The van der Waals surface area contributed by atoms with E-state index in [1.54, 1.807) is 24.1 Å². The third-order valence-corrected chi connectivity index (χ3v) is 5.36. The lowest BCUT2D eigenvalue weighted by Gasteiger charge is -2.14. The lowest BCUT2D eigenvalue weighted by Crippen LogP contribution is -2.25. The van der Waals surface area contributed by atoms with E-state index in [9.17, 15) is 4.79 Å². The molecule has 28 heavy (non-hydrogen) atoms. The summed E-state index contributed by atoms with van der Waals surface area (Å²) in [6.45, 7) is 5.87. The van der Waals surface area contributed by atoms with Crippen LogP contribution in [0.1, 0.15) is 26.8 Å². The number of thioether (sulfide) groups is 1. The molecule has 9 heteroatoms. The van der Waals surface area contributed by atoms with Crippen molar-refractivity contribution in [1.82, 2.24) is 24.5 Å². The van der Waals surface area contributed by atoms with Crippen molar-refractivity contribution in [3.05, 3.63) is 36.5 Å². The number of rotatable bonds is 7. The largest absolute Gasteiger partial charge is 0.497 e. The van der Waals surface area contributed by atoms with Crippen LogP contribution < -0.4 is 10.1 Å². The second-order valence-electron chi connectivity index (χ2n) is 6.60. The predicted molar refractivity (Wildman–Crippen MR) is 110 cm³/mol. The minimum absolute atomic E-state index is 0.113. The van der Waals surface area contributed by atoms with Gasteiger partial charge in [0, 0.05) is 24.7 Å². The molecular weight excluding hydrogens is 376 g/mol. The molecule has 3 aromatic rings. The van der Waals surface area contributed by atoms with Crippen molar-refractivity contribution < 1.29 is 9.53 Å². The molecule has 0 radical (unpaired) electrons. The molecule has 1 N–H and O–H groups in total. The maximum Gasteiger partial charge on any atom is 0.238 e. The average molecular weight is 401 g/mol. The van der Waals surface area contributed by atoms with Gasteiger partial charge in [0.15, 0.2) is 11.0 Å². The third-order valence-electron chi connectivity index (χ3n) is 4.22. The van der Waals surface area contributed by atoms with Crippen molar-refractivity contribution >= 4 is 23.5 Å². The Morgan fingerprint density at radius 2 is 2.00 bits per heavy atom. The highest BCUT2D eigenvalue weighted by Crippen LogP contribution is 2.28. The Morgan fingerprint density at radius 3 is 2.71 bits per heavy atom. The highest BCUT2D eigenvalue weighted by molar-refractivity contribution is 8.00. The van der Waals surface area contributed by atoms with Gasteiger partial charge in [0.05, 0.1) is 18.6 Å². The van der Waals surface area contributed by atoms with Crippen molar-refractivity contribution in [2.45, 2.75) is 37.2 Å². The number of ether oxygens (including phenoxy) is 1. The highest BCUT2D eigenvalue weighted by Gasteiger charge is 2.21. The summed E-state index contributed by atoms with van der Waals surface area (Å²) in [5.41, 5.74) is 0.902. The number of hydrogen-bond acceptors (Lipinski definition) is 6. The summed E-state index contributed by atoms with van der Waals surface area (Å²) in [5, 5.41) is 16.0. The first kappa shape index (κ1) is 19.9. The molecule has 8 nitrogen and oxygen atoms in total. The Kier molecular flexibility index (Phi) is 6.03. The molecule has 0 bridgehead atoms. The van der Waals surface area contributed by atoms with Gasteiger partial charge < -0.3 is 14.6 Å². The molecule has 2 heterocycles. The van der Waals surface area contributed by atoms with E-state index >= 15 is 0 Å². The van der Waals surface area contributed by atoms with E-state index in [-0.39, 0.29) is 17.2 Å². The zero-order chi connectivity index (χ0) is 20.3. The number of carbonyl (C=O) groups excluding carboxylic acids is 1. The topological polar surface area (TPSA) is 86.9 Å². The molecule has 0 aliphatic carbocycles. The van der Waals surface area contributed by atoms with Crippen molar-refractivity contribution in [3.8, 4) is 17.1 Å². The van der Waals surface area contributed by atoms with Gasteiger partial charge in [-0.1, -0.05) is 23.9 Å². The molecule has 1 aromatic carbocycles. The first-order valence-corrected chi connectivity index (χ1v) is 9.83. The lowest BCUT2D eigenvalue weighted by atomic mass is 10.2. The maximum absolute atomic E-state index is 12.6. The Morgan fingerprint density at radius 1 is 1.21 bits per heavy atom. The summed E-state index contributed by atoms with van der Waals surface area (Å²) < 4.78 is 8.93. The second kappa shape index (κ2) is 8.47. The molecule has 2 aromatic heterocycles. The number of methoxy groups -OCH3 is 1. The van der Waals surface area contributed by atoms with E-state index in [4.69, 9.17) is 4.74 Å². The molecule has 0 saturated carbocycles. The summed E-state index contributed by atoms with van der Waals surface area (Å²) in [5.74, 6) is 2.04. The van der Waals surface area contributed by atoms with Crippen LogP contribution >= 0.6 is 11.8 Å². The number of amides is 1. The van der Waals surface area contributed by atoms with E-state index in [0.717, 1.165) is 11.3 Å². The Hall–Kier alpha value is -2.81. The van der Waals surface area contributed by atoms with Gasteiger partial charge in [-0.15, -0.1) is 10.2 Å². The molecular formula is C19H24N6O2S. The number of benzene rings is 1. The van der Waals surface area contributed by atoms with Gasteiger partial charge in [-0.2, -0.15) is 5.10 Å². The molecule has 0 spiro atoms. The number of nitrogens with zero attached hydrogens (tertiary/aromatic N) is 5. The molecule has 1 amide bonds. The predicted octanol–water partition coefficient (Wildman–Crippen LogP) is 3.39. The average Bonchev–Trinajstić information content (AvgIpc) is 3.29. The monoisotopic (exact) mass is 400 g/mol. The molecule has 1 unspecified atom stereocenters. The van der Waals surface area contributed by atoms with Gasteiger partial charge in [-0.3, -0.25) is 4.79 Å². The molecule has 148 valence electrons. The van der Waals surface area contributed by atoms with Gasteiger partial charge in [0.25, 0.3) is 0 Å². The molecule has 1 atom stereocenters. The van der Waals surface area contributed by atoms with Crippen LogP contribution in [0.3, 0.4) is 0 Å². The quantitative estimate of drug-likeness (QED) is 0.612. The summed E-state index contributed by atoms with van der Waals surface area (Å²) >= 11 is 1.36. The fourth-order valence-corrected chi connectivity index (χ4v) is 3.51. The molecule has 0 aliphatic heterocycles. The number of hydrogen-bond donors (Lipinski definition) is 1. The number of carbonyl (C=O) groups is 1. The number of aromatic nitrogens is 5. The van der Waals surface area contributed by atoms with Crippen LogP contribution in [0, 0.1) is 0 Å². The summed E-state index contributed by atoms with van der Waals surface area (Å²) in [7, 11) is 3.51. The van der Waals surface area contributed by atoms with Crippen LogP contribution in [0.5, 0.6) is 5.75 Å². The molecule has 0 fully saturated rings. The van der Waals surface area contributed by atoms with Gasteiger partial charge >= 0.3 is 0 Å². The maximum atomic E-state index is 12.6. The van der Waals surface area contributed by atoms with Crippen molar-refractivity contribution in [2.75, 3.05) is 12.4 Å². The minimum Gasteiger partial charge on any atom is -0.497 e. The summed E-state index contributed by atoms with van der Waals surface area (Å²) in [4.78, 5) is 12.6. The van der Waals surface area contributed by atoms with Crippen LogP contribution in [-0.2, 0) is 11.8 Å². The van der Waals surface area contributed by atoms with Crippen LogP contribution in [0.2, 0.25) is 0 Å².